The van der Waals surface area contributed by atoms with Gasteiger partial charge in [0.15, 0.2) is 0 Å². The van der Waals surface area contributed by atoms with Crippen molar-refractivity contribution in [3.8, 4) is 23.1 Å². The third-order valence-electron chi connectivity index (χ3n) is 3.40. The Morgan fingerprint density at radius 3 is 2.57 bits per heavy atom. The van der Waals surface area contributed by atoms with E-state index in [0.717, 1.165) is 0 Å². The van der Waals surface area contributed by atoms with Crippen LogP contribution in [-0.2, 0) is 0 Å². The fourth-order valence-electron chi connectivity index (χ4n) is 2.40. The molecular weight excluding hydrogens is 264 g/mol. The van der Waals surface area contributed by atoms with Crippen LogP contribution in [-0.4, -0.2) is 12.1 Å². The van der Waals surface area contributed by atoms with Crippen molar-refractivity contribution in [3.05, 3.63) is 64.3 Å². The van der Waals surface area contributed by atoms with Gasteiger partial charge in [-0.05, 0) is 24.3 Å². The molecule has 0 aliphatic rings. The third-order valence-corrected chi connectivity index (χ3v) is 3.40. The standard InChI is InChI=1S/C17H12N2O2/c1-21-15-9-5-3-7-12(15)16-13(10-18)17(20)11-6-2-4-8-14(11)19-16/h2-9H,1H3,(H,19,20). The van der Waals surface area contributed by atoms with Crippen LogP contribution in [0.25, 0.3) is 22.2 Å². The average molecular weight is 276 g/mol. The Morgan fingerprint density at radius 1 is 1.10 bits per heavy atom. The molecule has 0 unspecified atom stereocenters. The van der Waals surface area contributed by atoms with E-state index < -0.39 is 0 Å². The zero-order chi connectivity index (χ0) is 14.8. The lowest BCUT2D eigenvalue weighted by Gasteiger charge is -2.11. The highest BCUT2D eigenvalue weighted by Crippen LogP contribution is 2.30. The average Bonchev–Trinajstić information content (AvgIpc) is 2.54. The van der Waals surface area contributed by atoms with Crippen LogP contribution in [0.15, 0.2) is 53.3 Å². The van der Waals surface area contributed by atoms with Gasteiger partial charge in [-0.15, -0.1) is 0 Å². The predicted octanol–water partition coefficient (Wildman–Crippen LogP) is 3.08. The van der Waals surface area contributed by atoms with Crippen LogP contribution in [0.2, 0.25) is 0 Å². The fraction of sp³-hybridized carbons (Fsp3) is 0.0588. The maximum atomic E-state index is 12.5. The normalized spacial score (nSPS) is 10.3. The van der Waals surface area contributed by atoms with Gasteiger partial charge in [-0.2, -0.15) is 5.26 Å². The van der Waals surface area contributed by atoms with Crippen molar-refractivity contribution in [2.24, 2.45) is 0 Å². The van der Waals surface area contributed by atoms with E-state index in [-0.39, 0.29) is 11.0 Å². The molecule has 0 saturated heterocycles. The molecule has 1 heterocycles. The van der Waals surface area contributed by atoms with Gasteiger partial charge in [0.1, 0.15) is 17.4 Å². The third kappa shape index (κ3) is 2.05. The van der Waals surface area contributed by atoms with E-state index in [1.54, 1.807) is 25.3 Å². The summed E-state index contributed by atoms with van der Waals surface area (Å²) in [5.74, 6) is 0.611. The highest BCUT2D eigenvalue weighted by Gasteiger charge is 2.15. The number of H-pyrrole nitrogens is 1. The van der Waals surface area contributed by atoms with Gasteiger partial charge in [-0.3, -0.25) is 4.79 Å². The summed E-state index contributed by atoms with van der Waals surface area (Å²) < 4.78 is 5.32. The van der Waals surface area contributed by atoms with Gasteiger partial charge < -0.3 is 9.72 Å². The molecule has 0 bridgehead atoms. The summed E-state index contributed by atoms with van der Waals surface area (Å²) in [7, 11) is 1.56. The molecule has 0 spiro atoms. The lowest BCUT2D eigenvalue weighted by atomic mass is 10.0. The van der Waals surface area contributed by atoms with Crippen molar-refractivity contribution >= 4 is 10.9 Å². The molecule has 0 aliphatic carbocycles. The minimum atomic E-state index is -0.271. The molecule has 21 heavy (non-hydrogen) atoms. The molecule has 3 aromatic rings. The molecule has 1 aromatic heterocycles. The summed E-state index contributed by atoms with van der Waals surface area (Å²) in [5, 5.41) is 9.88. The molecule has 3 rings (SSSR count). The molecular formula is C17H12N2O2. The van der Waals surface area contributed by atoms with Gasteiger partial charge in [-0.1, -0.05) is 24.3 Å². The maximum absolute atomic E-state index is 12.5. The van der Waals surface area contributed by atoms with Crippen LogP contribution in [0.5, 0.6) is 5.75 Å². The van der Waals surface area contributed by atoms with Crippen LogP contribution in [0.1, 0.15) is 5.56 Å². The summed E-state index contributed by atoms with van der Waals surface area (Å²) in [5.41, 5.74) is 1.70. The predicted molar refractivity (Wildman–Crippen MR) is 81.3 cm³/mol. The van der Waals surface area contributed by atoms with Crippen molar-refractivity contribution in [2.45, 2.75) is 0 Å². The number of aromatic nitrogens is 1. The van der Waals surface area contributed by atoms with E-state index in [0.29, 0.717) is 27.9 Å². The Labute approximate surface area is 121 Å². The number of nitriles is 1. The smallest absolute Gasteiger partial charge is 0.207 e. The zero-order valence-electron chi connectivity index (χ0n) is 11.4. The number of nitrogens with one attached hydrogen (secondary N) is 1. The second-order valence-corrected chi connectivity index (χ2v) is 4.56. The van der Waals surface area contributed by atoms with Crippen LogP contribution in [0.3, 0.4) is 0 Å². The quantitative estimate of drug-likeness (QED) is 0.782. The molecule has 0 aliphatic heterocycles. The Hall–Kier alpha value is -3.06. The first-order chi connectivity index (χ1) is 10.3. The monoisotopic (exact) mass is 276 g/mol. The summed E-state index contributed by atoms with van der Waals surface area (Å²) in [4.78, 5) is 15.6. The summed E-state index contributed by atoms with van der Waals surface area (Å²) in [6.07, 6.45) is 0. The number of benzene rings is 2. The Kier molecular flexibility index (Phi) is 3.17. The van der Waals surface area contributed by atoms with E-state index in [1.807, 2.05) is 36.4 Å². The highest BCUT2D eigenvalue weighted by atomic mass is 16.5. The second kappa shape index (κ2) is 5.14. The Morgan fingerprint density at radius 2 is 1.81 bits per heavy atom. The van der Waals surface area contributed by atoms with Crippen LogP contribution in [0, 0.1) is 11.3 Å². The SMILES string of the molecule is COc1ccccc1-c1[nH]c2ccccc2c(=O)c1C#N. The number of fused-ring (bicyclic) bond motifs is 1. The molecule has 0 fully saturated rings. The summed E-state index contributed by atoms with van der Waals surface area (Å²) in [6, 6.07) is 16.5. The summed E-state index contributed by atoms with van der Waals surface area (Å²) in [6.45, 7) is 0. The molecule has 4 nitrogen and oxygen atoms in total. The molecule has 0 saturated carbocycles. The van der Waals surface area contributed by atoms with Gasteiger partial charge in [-0.25, -0.2) is 0 Å². The van der Waals surface area contributed by atoms with Crippen molar-refractivity contribution < 1.29 is 4.74 Å². The number of hydrogen-bond acceptors (Lipinski definition) is 3. The first-order valence-electron chi connectivity index (χ1n) is 6.44. The minimum Gasteiger partial charge on any atom is -0.496 e. The molecule has 0 atom stereocenters. The number of methoxy groups -OCH3 is 1. The number of pyridine rings is 1. The molecule has 0 amide bonds. The number of para-hydroxylation sites is 2. The molecule has 1 N–H and O–H groups in total. The van der Waals surface area contributed by atoms with Gasteiger partial charge in [0.2, 0.25) is 5.43 Å². The number of rotatable bonds is 2. The Balaban J connectivity index is 2.43. The summed E-state index contributed by atoms with van der Waals surface area (Å²) >= 11 is 0. The number of hydrogen-bond donors (Lipinski definition) is 1. The van der Waals surface area contributed by atoms with Crippen molar-refractivity contribution in [1.82, 2.24) is 4.98 Å². The number of ether oxygens (including phenoxy) is 1. The van der Waals surface area contributed by atoms with Crippen molar-refractivity contribution in [2.75, 3.05) is 7.11 Å². The molecule has 4 heteroatoms. The fourth-order valence-corrected chi connectivity index (χ4v) is 2.40. The van der Waals surface area contributed by atoms with Crippen molar-refractivity contribution in [3.63, 3.8) is 0 Å². The van der Waals surface area contributed by atoms with Gasteiger partial charge in [0, 0.05) is 16.5 Å². The lowest BCUT2D eigenvalue weighted by Crippen LogP contribution is -2.10. The van der Waals surface area contributed by atoms with E-state index in [2.05, 4.69) is 4.98 Å². The lowest BCUT2D eigenvalue weighted by molar-refractivity contribution is 0.416. The van der Waals surface area contributed by atoms with Crippen LogP contribution in [0.4, 0.5) is 0 Å². The van der Waals surface area contributed by atoms with E-state index in [9.17, 15) is 10.1 Å². The van der Waals surface area contributed by atoms with Crippen LogP contribution < -0.4 is 10.2 Å². The molecule has 0 radical (unpaired) electrons. The maximum Gasteiger partial charge on any atom is 0.207 e. The number of nitrogens with zero attached hydrogens (tertiary/aromatic N) is 1. The van der Waals surface area contributed by atoms with Crippen LogP contribution >= 0.6 is 0 Å². The first kappa shape index (κ1) is 12.9. The van der Waals surface area contributed by atoms with Crippen molar-refractivity contribution in [1.29, 1.82) is 5.26 Å². The number of aromatic amines is 1. The van der Waals surface area contributed by atoms with Gasteiger partial charge in [0.05, 0.1) is 12.8 Å². The topological polar surface area (TPSA) is 65.9 Å². The molecule has 2 aromatic carbocycles. The van der Waals surface area contributed by atoms with Gasteiger partial charge >= 0.3 is 0 Å². The van der Waals surface area contributed by atoms with E-state index in [1.165, 1.54) is 0 Å². The minimum absolute atomic E-state index is 0.0956. The first-order valence-corrected chi connectivity index (χ1v) is 6.44. The second-order valence-electron chi connectivity index (χ2n) is 4.56. The van der Waals surface area contributed by atoms with Gasteiger partial charge in [0.25, 0.3) is 0 Å². The zero-order valence-corrected chi connectivity index (χ0v) is 11.4. The highest BCUT2D eigenvalue weighted by molar-refractivity contribution is 5.85. The largest absolute Gasteiger partial charge is 0.496 e. The van der Waals surface area contributed by atoms with E-state index >= 15 is 0 Å². The molecule has 102 valence electrons. The Bertz CT molecular complexity index is 920. The van der Waals surface area contributed by atoms with E-state index in [4.69, 9.17) is 4.74 Å².